The highest BCUT2D eigenvalue weighted by molar-refractivity contribution is 5.95. The van der Waals surface area contributed by atoms with Crippen LogP contribution in [0.2, 0.25) is 0 Å². The van der Waals surface area contributed by atoms with Crippen molar-refractivity contribution in [3.05, 3.63) is 71.3 Å². The zero-order valence-electron chi connectivity index (χ0n) is 22.1. The van der Waals surface area contributed by atoms with E-state index < -0.39 is 36.0 Å². The number of aromatic hydroxyl groups is 1. The van der Waals surface area contributed by atoms with E-state index in [4.69, 9.17) is 23.7 Å². The highest BCUT2D eigenvalue weighted by Gasteiger charge is 2.51. The number of cyclic esters (lactones) is 1. The molecule has 6 atom stereocenters. The molecular weight excluding hydrogens is 488 g/mol. The molecule has 8 heteroatoms. The van der Waals surface area contributed by atoms with Crippen LogP contribution in [0.1, 0.15) is 72.2 Å². The van der Waals surface area contributed by atoms with Gasteiger partial charge < -0.3 is 28.8 Å². The smallest absolute Gasteiger partial charge is 0.342 e. The number of esters is 2. The average Bonchev–Trinajstić information content (AvgIpc) is 3.57. The lowest BCUT2D eigenvalue weighted by Crippen LogP contribution is -2.38. The number of carbonyl (C=O) groups excluding carboxylic acids is 2. The third-order valence-electron chi connectivity index (χ3n) is 7.32. The Morgan fingerprint density at radius 3 is 2.61 bits per heavy atom. The summed E-state index contributed by atoms with van der Waals surface area (Å²) in [4.78, 5) is 26.1. The van der Waals surface area contributed by atoms with E-state index in [2.05, 4.69) is 0 Å². The van der Waals surface area contributed by atoms with Gasteiger partial charge in [-0.05, 0) is 75.3 Å². The minimum Gasteiger partial charge on any atom is -0.507 e. The second kappa shape index (κ2) is 10.4. The molecule has 1 saturated carbocycles. The Balaban J connectivity index is 1.48. The van der Waals surface area contributed by atoms with Gasteiger partial charge in [0, 0.05) is 12.5 Å². The van der Waals surface area contributed by atoms with Crippen LogP contribution in [0.15, 0.2) is 54.6 Å². The van der Waals surface area contributed by atoms with Crippen LogP contribution in [-0.2, 0) is 18.9 Å². The van der Waals surface area contributed by atoms with Crippen molar-refractivity contribution in [1.29, 1.82) is 0 Å². The fourth-order valence-corrected chi connectivity index (χ4v) is 5.44. The van der Waals surface area contributed by atoms with Crippen LogP contribution in [0.4, 0.5) is 0 Å². The first-order chi connectivity index (χ1) is 18.1. The van der Waals surface area contributed by atoms with E-state index in [0.29, 0.717) is 29.7 Å². The number of phenols is 1. The van der Waals surface area contributed by atoms with Gasteiger partial charge in [0.2, 0.25) is 0 Å². The highest BCUT2D eigenvalue weighted by atomic mass is 16.8. The minimum atomic E-state index is -0.856. The number of ether oxygens (including phenoxy) is 5. The molecule has 2 fully saturated rings. The molecule has 0 bridgehead atoms. The maximum Gasteiger partial charge on any atom is 0.342 e. The van der Waals surface area contributed by atoms with E-state index in [1.54, 1.807) is 43.3 Å². The van der Waals surface area contributed by atoms with Gasteiger partial charge in [0.1, 0.15) is 35.4 Å². The normalized spacial score (nSPS) is 31.0. The van der Waals surface area contributed by atoms with Gasteiger partial charge in [0.25, 0.3) is 0 Å². The Kier molecular flexibility index (Phi) is 7.20. The number of methoxy groups -OCH3 is 1. The number of fused-ring (bicyclic) bond motifs is 4. The molecule has 0 amide bonds. The van der Waals surface area contributed by atoms with E-state index in [-0.39, 0.29) is 29.3 Å². The molecule has 1 N–H and O–H groups in total. The summed E-state index contributed by atoms with van der Waals surface area (Å²) >= 11 is 0. The molecule has 8 nitrogen and oxygen atoms in total. The predicted octanol–water partition coefficient (Wildman–Crippen LogP) is 5.15. The van der Waals surface area contributed by atoms with Crippen molar-refractivity contribution in [1.82, 2.24) is 0 Å². The lowest BCUT2D eigenvalue weighted by atomic mass is 9.96. The summed E-state index contributed by atoms with van der Waals surface area (Å²) in [5, 5.41) is 10.7. The largest absolute Gasteiger partial charge is 0.507 e. The fourth-order valence-electron chi connectivity index (χ4n) is 5.44. The number of hydrogen-bond acceptors (Lipinski definition) is 8. The summed E-state index contributed by atoms with van der Waals surface area (Å²) in [5.41, 5.74) is 1.34. The molecule has 5 rings (SSSR count). The summed E-state index contributed by atoms with van der Waals surface area (Å²) < 4.78 is 29.6. The van der Waals surface area contributed by atoms with E-state index in [1.165, 1.54) is 13.2 Å². The Morgan fingerprint density at radius 1 is 1.11 bits per heavy atom. The fraction of sp³-hybridized carbons (Fsp3) is 0.467. The Bertz CT molecular complexity index is 1220. The van der Waals surface area contributed by atoms with E-state index in [9.17, 15) is 14.7 Å². The Morgan fingerprint density at radius 2 is 1.87 bits per heavy atom. The van der Waals surface area contributed by atoms with Gasteiger partial charge in [-0.3, -0.25) is 0 Å². The van der Waals surface area contributed by atoms with Crippen LogP contribution in [0, 0.1) is 5.92 Å². The number of carbonyl (C=O) groups is 2. The molecule has 0 spiro atoms. The van der Waals surface area contributed by atoms with Crippen LogP contribution in [-0.4, -0.2) is 54.4 Å². The first kappa shape index (κ1) is 26.3. The molecule has 38 heavy (non-hydrogen) atoms. The standard InChI is InChI=1S/C30H34O8/c1-17-9-8-12-24(36-28(32)18-10-6-5-7-11-18)27-25(37-30(2,3)38-27)14-19-13-21(19)22-15-20(34-4)16-23(31)26(22)29(33)35-17/h5-8,10-12,15-17,19,21,24-25,27,31H,9,13-14H2,1-4H3/b12-8-/t17-,19?,21?,24?,25+,27+/m0/s1. The van der Waals surface area contributed by atoms with Gasteiger partial charge in [-0.2, -0.15) is 0 Å². The van der Waals surface area contributed by atoms with Gasteiger partial charge in [0.15, 0.2) is 5.79 Å². The molecule has 3 aliphatic rings. The minimum absolute atomic E-state index is 0.0191. The average molecular weight is 523 g/mol. The number of hydrogen-bond donors (Lipinski definition) is 1. The summed E-state index contributed by atoms with van der Waals surface area (Å²) in [6.07, 6.45) is 3.40. The van der Waals surface area contributed by atoms with Crippen LogP contribution < -0.4 is 4.74 Å². The molecule has 2 aromatic carbocycles. The summed E-state index contributed by atoms with van der Waals surface area (Å²) in [6, 6.07) is 12.1. The zero-order chi connectivity index (χ0) is 27.0. The van der Waals surface area contributed by atoms with Crippen molar-refractivity contribution >= 4 is 11.9 Å². The summed E-state index contributed by atoms with van der Waals surface area (Å²) in [7, 11) is 1.52. The Hall–Kier alpha value is -3.36. The van der Waals surface area contributed by atoms with Gasteiger partial charge in [-0.1, -0.05) is 24.3 Å². The van der Waals surface area contributed by atoms with E-state index in [1.807, 2.05) is 26.0 Å². The van der Waals surface area contributed by atoms with Crippen LogP contribution in [0.5, 0.6) is 11.5 Å². The van der Waals surface area contributed by atoms with Crippen LogP contribution in [0.3, 0.4) is 0 Å². The van der Waals surface area contributed by atoms with E-state index >= 15 is 0 Å². The molecule has 2 aliphatic heterocycles. The first-order valence-electron chi connectivity index (χ1n) is 13.1. The molecule has 202 valence electrons. The number of benzene rings is 2. The van der Waals surface area contributed by atoms with Crippen molar-refractivity contribution in [3.8, 4) is 11.5 Å². The maximum absolute atomic E-state index is 13.1. The van der Waals surface area contributed by atoms with Gasteiger partial charge in [-0.15, -0.1) is 0 Å². The second-order valence-corrected chi connectivity index (χ2v) is 10.7. The molecule has 0 radical (unpaired) electrons. The van der Waals surface area contributed by atoms with E-state index in [0.717, 1.165) is 6.42 Å². The summed E-state index contributed by atoms with van der Waals surface area (Å²) in [6.45, 7) is 5.48. The SMILES string of the molecule is COc1cc(O)c2c(c1)C1CC1C[C@H]1OC(C)(C)O[C@@H]1C(OC(=O)c1ccccc1)/C=C\C[C@H](C)OC2=O. The monoisotopic (exact) mass is 522 g/mol. The zero-order valence-corrected chi connectivity index (χ0v) is 22.1. The predicted molar refractivity (Wildman–Crippen MR) is 138 cm³/mol. The number of phenolic OH excluding ortho intramolecular Hbond substituents is 1. The van der Waals surface area contributed by atoms with Crippen LogP contribution in [0.25, 0.3) is 0 Å². The third kappa shape index (κ3) is 5.56. The second-order valence-electron chi connectivity index (χ2n) is 10.7. The van der Waals surface area contributed by atoms with Crippen LogP contribution >= 0.6 is 0 Å². The topological polar surface area (TPSA) is 101 Å². The maximum atomic E-state index is 13.1. The molecule has 0 aromatic heterocycles. The quantitative estimate of drug-likeness (QED) is 0.437. The van der Waals surface area contributed by atoms with Gasteiger partial charge in [-0.25, -0.2) is 9.59 Å². The lowest BCUT2D eigenvalue weighted by molar-refractivity contribution is -0.153. The van der Waals surface area contributed by atoms with Crippen molar-refractivity contribution in [2.75, 3.05) is 7.11 Å². The molecule has 1 aliphatic carbocycles. The Labute approximate surface area is 222 Å². The number of rotatable bonds is 3. The van der Waals surface area contributed by atoms with Crippen molar-refractivity contribution in [2.45, 2.75) is 76.2 Å². The summed E-state index contributed by atoms with van der Waals surface area (Å²) in [5.74, 6) is -1.37. The molecular formula is C30H34O8. The molecule has 2 aromatic rings. The third-order valence-corrected chi connectivity index (χ3v) is 7.32. The molecule has 2 heterocycles. The van der Waals surface area contributed by atoms with Gasteiger partial charge >= 0.3 is 11.9 Å². The lowest BCUT2D eigenvalue weighted by Gasteiger charge is -2.25. The first-order valence-corrected chi connectivity index (χ1v) is 13.1. The highest BCUT2D eigenvalue weighted by Crippen LogP contribution is 2.54. The van der Waals surface area contributed by atoms with Crippen molar-refractivity contribution in [2.24, 2.45) is 5.92 Å². The molecule has 3 unspecified atom stereocenters. The van der Waals surface area contributed by atoms with Crippen molar-refractivity contribution < 1.29 is 38.4 Å². The van der Waals surface area contributed by atoms with Crippen molar-refractivity contribution in [3.63, 3.8) is 0 Å². The van der Waals surface area contributed by atoms with Gasteiger partial charge in [0.05, 0.1) is 18.8 Å². The molecule has 1 saturated heterocycles.